The SMILES string of the molecule is CC1(C)Cc2cc(C(O)c3ccc(Cl)c(Br)c3)ccc2O1. The maximum Gasteiger partial charge on any atom is 0.123 e. The number of rotatable bonds is 2. The minimum Gasteiger partial charge on any atom is -0.487 e. The van der Waals surface area contributed by atoms with E-state index in [1.54, 1.807) is 6.07 Å². The van der Waals surface area contributed by atoms with Gasteiger partial charge in [-0.1, -0.05) is 23.7 Å². The summed E-state index contributed by atoms with van der Waals surface area (Å²) in [5.74, 6) is 0.910. The van der Waals surface area contributed by atoms with Gasteiger partial charge in [0, 0.05) is 10.9 Å². The molecule has 110 valence electrons. The largest absolute Gasteiger partial charge is 0.487 e. The number of ether oxygens (including phenoxy) is 1. The molecule has 1 aliphatic heterocycles. The van der Waals surface area contributed by atoms with Crippen molar-refractivity contribution in [1.82, 2.24) is 0 Å². The number of aliphatic hydroxyl groups excluding tert-OH is 1. The molecule has 0 spiro atoms. The summed E-state index contributed by atoms with van der Waals surface area (Å²) in [6.45, 7) is 4.14. The molecule has 1 heterocycles. The Bertz CT molecular complexity index is 697. The molecule has 0 fully saturated rings. The first-order valence-corrected chi connectivity index (χ1v) is 7.98. The first-order valence-electron chi connectivity index (χ1n) is 6.80. The van der Waals surface area contributed by atoms with Crippen LogP contribution in [0.1, 0.15) is 36.6 Å². The topological polar surface area (TPSA) is 29.5 Å². The highest BCUT2D eigenvalue weighted by Crippen LogP contribution is 2.37. The van der Waals surface area contributed by atoms with Crippen LogP contribution in [-0.4, -0.2) is 10.7 Å². The predicted molar refractivity (Wildman–Crippen MR) is 88.1 cm³/mol. The molecule has 3 rings (SSSR count). The first-order chi connectivity index (χ1) is 9.85. The van der Waals surface area contributed by atoms with Crippen molar-refractivity contribution in [3.63, 3.8) is 0 Å². The maximum absolute atomic E-state index is 10.6. The van der Waals surface area contributed by atoms with Gasteiger partial charge in [0.2, 0.25) is 0 Å². The van der Waals surface area contributed by atoms with Crippen LogP contribution in [0.2, 0.25) is 5.02 Å². The van der Waals surface area contributed by atoms with E-state index in [0.717, 1.165) is 33.3 Å². The second kappa shape index (κ2) is 5.31. The van der Waals surface area contributed by atoms with Crippen molar-refractivity contribution < 1.29 is 9.84 Å². The Hall–Kier alpha value is -1.03. The number of benzene rings is 2. The van der Waals surface area contributed by atoms with Gasteiger partial charge in [-0.05, 0) is 70.7 Å². The van der Waals surface area contributed by atoms with Crippen molar-refractivity contribution in [3.8, 4) is 5.75 Å². The van der Waals surface area contributed by atoms with Crippen LogP contribution < -0.4 is 4.74 Å². The lowest BCUT2D eigenvalue weighted by atomic mass is 9.96. The van der Waals surface area contributed by atoms with Crippen LogP contribution in [0.3, 0.4) is 0 Å². The van der Waals surface area contributed by atoms with E-state index >= 15 is 0 Å². The standard InChI is InChI=1S/C17H16BrClO2/c1-17(2)9-12-7-10(4-6-15(12)21-17)16(20)11-3-5-14(19)13(18)8-11/h3-8,16,20H,9H2,1-2H3. The van der Waals surface area contributed by atoms with E-state index in [1.165, 1.54) is 0 Å². The Kier molecular flexibility index (Phi) is 3.76. The van der Waals surface area contributed by atoms with E-state index in [9.17, 15) is 5.11 Å². The Morgan fingerprint density at radius 3 is 2.57 bits per heavy atom. The summed E-state index contributed by atoms with van der Waals surface area (Å²) in [4.78, 5) is 0. The molecule has 2 aromatic carbocycles. The summed E-state index contributed by atoms with van der Waals surface area (Å²) >= 11 is 9.38. The average molecular weight is 368 g/mol. The molecule has 0 saturated carbocycles. The minimum absolute atomic E-state index is 0.171. The van der Waals surface area contributed by atoms with Gasteiger partial charge >= 0.3 is 0 Å². The van der Waals surface area contributed by atoms with Crippen LogP contribution in [-0.2, 0) is 6.42 Å². The molecule has 1 unspecified atom stereocenters. The minimum atomic E-state index is -0.674. The van der Waals surface area contributed by atoms with Gasteiger partial charge in [-0.2, -0.15) is 0 Å². The molecule has 2 nitrogen and oxygen atoms in total. The van der Waals surface area contributed by atoms with Crippen LogP contribution in [0, 0.1) is 0 Å². The number of fused-ring (bicyclic) bond motifs is 1. The van der Waals surface area contributed by atoms with Crippen LogP contribution in [0.5, 0.6) is 5.75 Å². The molecule has 1 N–H and O–H groups in total. The monoisotopic (exact) mass is 366 g/mol. The first kappa shape index (κ1) is 14.9. The zero-order valence-electron chi connectivity index (χ0n) is 11.9. The van der Waals surface area contributed by atoms with Crippen molar-refractivity contribution in [1.29, 1.82) is 0 Å². The highest BCUT2D eigenvalue weighted by atomic mass is 79.9. The fourth-order valence-corrected chi connectivity index (χ4v) is 3.19. The number of halogens is 2. The van der Waals surface area contributed by atoms with Gasteiger partial charge in [0.15, 0.2) is 0 Å². The van der Waals surface area contributed by atoms with Crippen molar-refractivity contribution in [2.75, 3.05) is 0 Å². The Balaban J connectivity index is 1.93. The van der Waals surface area contributed by atoms with E-state index in [2.05, 4.69) is 29.8 Å². The lowest BCUT2D eigenvalue weighted by Gasteiger charge is -2.16. The lowest BCUT2D eigenvalue weighted by Crippen LogP contribution is -2.24. The molecular formula is C17H16BrClO2. The van der Waals surface area contributed by atoms with Gasteiger partial charge in [-0.15, -0.1) is 0 Å². The number of hydrogen-bond acceptors (Lipinski definition) is 2. The fraction of sp³-hybridized carbons (Fsp3) is 0.294. The summed E-state index contributed by atoms with van der Waals surface area (Å²) < 4.78 is 6.65. The smallest absolute Gasteiger partial charge is 0.123 e. The number of hydrogen-bond donors (Lipinski definition) is 1. The van der Waals surface area contributed by atoms with Gasteiger partial charge in [0.05, 0.1) is 5.02 Å². The van der Waals surface area contributed by atoms with E-state index in [4.69, 9.17) is 16.3 Å². The van der Waals surface area contributed by atoms with Crippen LogP contribution in [0.15, 0.2) is 40.9 Å². The molecule has 1 aliphatic rings. The summed E-state index contributed by atoms with van der Waals surface area (Å²) in [6.07, 6.45) is 0.181. The molecule has 21 heavy (non-hydrogen) atoms. The number of aliphatic hydroxyl groups is 1. The van der Waals surface area contributed by atoms with Gasteiger partial charge in [0.25, 0.3) is 0 Å². The Morgan fingerprint density at radius 2 is 1.86 bits per heavy atom. The third-order valence-corrected chi connectivity index (χ3v) is 4.88. The summed E-state index contributed by atoms with van der Waals surface area (Å²) in [6, 6.07) is 11.3. The maximum atomic E-state index is 10.6. The highest BCUT2D eigenvalue weighted by molar-refractivity contribution is 9.10. The second-order valence-corrected chi connectivity index (χ2v) is 7.24. The summed E-state index contributed by atoms with van der Waals surface area (Å²) in [7, 11) is 0. The highest BCUT2D eigenvalue weighted by Gasteiger charge is 2.30. The fourth-order valence-electron chi connectivity index (χ4n) is 2.67. The van der Waals surface area contributed by atoms with Crippen molar-refractivity contribution >= 4 is 27.5 Å². The molecule has 0 aromatic heterocycles. The van der Waals surface area contributed by atoms with Crippen molar-refractivity contribution in [3.05, 3.63) is 62.6 Å². The summed E-state index contributed by atoms with van der Waals surface area (Å²) in [5.41, 5.74) is 2.65. The predicted octanol–water partition coefficient (Wildman–Crippen LogP) is 4.90. The van der Waals surface area contributed by atoms with Gasteiger partial charge < -0.3 is 9.84 Å². The molecule has 0 radical (unpaired) electrons. The van der Waals surface area contributed by atoms with Gasteiger partial charge in [-0.3, -0.25) is 0 Å². The second-order valence-electron chi connectivity index (χ2n) is 5.98. The van der Waals surface area contributed by atoms with E-state index in [1.807, 2.05) is 30.3 Å². The Morgan fingerprint density at radius 1 is 1.19 bits per heavy atom. The molecule has 4 heteroatoms. The third-order valence-electron chi connectivity index (χ3n) is 3.66. The average Bonchev–Trinajstić information content (AvgIpc) is 2.73. The molecule has 0 bridgehead atoms. The van der Waals surface area contributed by atoms with Gasteiger partial charge in [0.1, 0.15) is 17.5 Å². The van der Waals surface area contributed by atoms with Crippen LogP contribution >= 0.6 is 27.5 Å². The van der Waals surface area contributed by atoms with E-state index in [-0.39, 0.29) is 5.60 Å². The van der Waals surface area contributed by atoms with E-state index < -0.39 is 6.10 Å². The third kappa shape index (κ3) is 2.96. The zero-order chi connectivity index (χ0) is 15.2. The van der Waals surface area contributed by atoms with Crippen LogP contribution in [0.25, 0.3) is 0 Å². The lowest BCUT2D eigenvalue weighted by molar-refractivity contribution is 0.138. The van der Waals surface area contributed by atoms with E-state index in [0.29, 0.717) is 5.02 Å². The molecule has 0 aliphatic carbocycles. The Labute approximate surface area is 137 Å². The zero-order valence-corrected chi connectivity index (χ0v) is 14.2. The van der Waals surface area contributed by atoms with Crippen LogP contribution in [0.4, 0.5) is 0 Å². The summed E-state index contributed by atoms with van der Waals surface area (Å²) in [5, 5.41) is 11.2. The van der Waals surface area contributed by atoms with Crippen molar-refractivity contribution in [2.45, 2.75) is 32.0 Å². The quantitative estimate of drug-likeness (QED) is 0.818. The van der Waals surface area contributed by atoms with Crippen molar-refractivity contribution in [2.24, 2.45) is 0 Å². The molecule has 0 saturated heterocycles. The molecule has 1 atom stereocenters. The normalized spacial score (nSPS) is 17.2. The molecular weight excluding hydrogens is 352 g/mol. The van der Waals surface area contributed by atoms with Gasteiger partial charge in [-0.25, -0.2) is 0 Å². The molecule has 0 amide bonds. The molecule has 2 aromatic rings.